The molecule has 32 heavy (non-hydrogen) atoms. The number of nitrogens with zero attached hydrogens (tertiary/aromatic N) is 1. The Morgan fingerprint density at radius 3 is 2.41 bits per heavy atom. The Hall–Kier alpha value is -3.35. The maximum absolute atomic E-state index is 11.7. The molecule has 3 N–H and O–H groups in total. The Balaban J connectivity index is 1.62. The highest BCUT2D eigenvalue weighted by atomic mass is 16.5. The molecule has 0 aliphatic carbocycles. The SMILES string of the molecule is COc1ccc(C[C@@H](C)NC[C@H](O)c2ccc(O)c(N(C=O)Cc3ccccc3)c2)cc1. The number of methoxy groups -OCH3 is 1. The maximum Gasteiger partial charge on any atom is 0.214 e. The molecule has 0 aliphatic rings. The molecule has 0 unspecified atom stereocenters. The number of phenolic OH excluding ortho intramolecular Hbond substituents is 1. The number of carbonyl (C=O) groups is 1. The van der Waals surface area contributed by atoms with Crippen molar-refractivity contribution in [3.63, 3.8) is 0 Å². The summed E-state index contributed by atoms with van der Waals surface area (Å²) in [5.74, 6) is 0.814. The fraction of sp³-hybridized carbons (Fsp3) is 0.269. The first-order chi connectivity index (χ1) is 15.5. The van der Waals surface area contributed by atoms with Crippen LogP contribution in [0.4, 0.5) is 5.69 Å². The number of aromatic hydroxyl groups is 1. The number of rotatable bonds is 11. The second-order valence-corrected chi connectivity index (χ2v) is 7.84. The number of anilines is 1. The van der Waals surface area contributed by atoms with Gasteiger partial charge in [0, 0.05) is 12.6 Å². The van der Waals surface area contributed by atoms with E-state index < -0.39 is 6.10 Å². The average molecular weight is 435 g/mol. The molecule has 3 rings (SSSR count). The number of aliphatic hydroxyl groups is 1. The molecule has 1 amide bonds. The molecule has 0 aliphatic heterocycles. The standard InChI is InChI=1S/C26H30N2O4/c1-19(14-20-8-11-23(32-2)12-9-20)27-16-26(31)22-10-13-25(30)24(15-22)28(18-29)17-21-6-4-3-5-7-21/h3-13,15,18-19,26-27,30-31H,14,16-17H2,1-2H3/t19-,26+/m1/s1. The number of amides is 1. The second-order valence-electron chi connectivity index (χ2n) is 7.84. The minimum absolute atomic E-state index is 0.00943. The van der Waals surface area contributed by atoms with Crippen molar-refractivity contribution in [2.24, 2.45) is 0 Å². The highest BCUT2D eigenvalue weighted by Gasteiger charge is 2.16. The summed E-state index contributed by atoms with van der Waals surface area (Å²) in [4.78, 5) is 13.1. The third-order valence-electron chi connectivity index (χ3n) is 5.38. The summed E-state index contributed by atoms with van der Waals surface area (Å²) >= 11 is 0. The average Bonchev–Trinajstić information content (AvgIpc) is 2.82. The minimum atomic E-state index is -0.780. The molecule has 0 saturated carbocycles. The lowest BCUT2D eigenvalue weighted by Crippen LogP contribution is -2.32. The van der Waals surface area contributed by atoms with Crippen LogP contribution >= 0.6 is 0 Å². The molecule has 3 aromatic rings. The summed E-state index contributed by atoms with van der Waals surface area (Å²) in [5.41, 5.74) is 3.11. The highest BCUT2D eigenvalue weighted by Crippen LogP contribution is 2.31. The summed E-state index contributed by atoms with van der Waals surface area (Å²) in [6.07, 6.45) is 0.721. The molecule has 2 atom stereocenters. The van der Waals surface area contributed by atoms with Crippen LogP contribution in [0.5, 0.6) is 11.5 Å². The van der Waals surface area contributed by atoms with Crippen LogP contribution in [0.25, 0.3) is 0 Å². The van der Waals surface area contributed by atoms with Gasteiger partial charge in [0.2, 0.25) is 6.41 Å². The van der Waals surface area contributed by atoms with Crippen molar-refractivity contribution in [1.82, 2.24) is 5.32 Å². The van der Waals surface area contributed by atoms with Gasteiger partial charge in [0.15, 0.2) is 0 Å². The zero-order valence-electron chi connectivity index (χ0n) is 18.4. The monoisotopic (exact) mass is 434 g/mol. The summed E-state index contributed by atoms with van der Waals surface area (Å²) < 4.78 is 5.19. The van der Waals surface area contributed by atoms with E-state index in [1.165, 1.54) is 16.5 Å². The lowest BCUT2D eigenvalue weighted by Gasteiger charge is -2.22. The van der Waals surface area contributed by atoms with E-state index in [9.17, 15) is 15.0 Å². The number of phenols is 1. The van der Waals surface area contributed by atoms with Crippen molar-refractivity contribution in [2.45, 2.75) is 32.0 Å². The normalized spacial score (nSPS) is 12.7. The summed E-state index contributed by atoms with van der Waals surface area (Å²) in [6, 6.07) is 22.5. The fourth-order valence-electron chi connectivity index (χ4n) is 3.56. The Bertz CT molecular complexity index is 992. The van der Waals surface area contributed by atoms with Gasteiger partial charge in [-0.1, -0.05) is 48.5 Å². The van der Waals surface area contributed by atoms with E-state index in [-0.39, 0.29) is 11.8 Å². The molecular formula is C26H30N2O4. The quantitative estimate of drug-likeness (QED) is 0.400. The molecule has 6 heteroatoms. The van der Waals surface area contributed by atoms with Crippen LogP contribution in [-0.4, -0.2) is 36.3 Å². The molecule has 0 fully saturated rings. The molecule has 0 heterocycles. The van der Waals surface area contributed by atoms with E-state index in [2.05, 4.69) is 12.2 Å². The first kappa shape index (κ1) is 23.3. The lowest BCUT2D eigenvalue weighted by atomic mass is 10.0. The smallest absolute Gasteiger partial charge is 0.214 e. The first-order valence-electron chi connectivity index (χ1n) is 10.6. The molecule has 168 valence electrons. The molecule has 0 bridgehead atoms. The van der Waals surface area contributed by atoms with Crippen LogP contribution in [0.15, 0.2) is 72.8 Å². The van der Waals surface area contributed by atoms with Crippen molar-refractivity contribution in [3.8, 4) is 11.5 Å². The van der Waals surface area contributed by atoms with E-state index in [4.69, 9.17) is 4.74 Å². The van der Waals surface area contributed by atoms with Gasteiger partial charge < -0.3 is 25.2 Å². The van der Waals surface area contributed by atoms with E-state index >= 15 is 0 Å². The van der Waals surface area contributed by atoms with E-state index in [0.717, 1.165) is 17.7 Å². The van der Waals surface area contributed by atoms with E-state index in [1.807, 2.05) is 54.6 Å². The number of hydrogen-bond acceptors (Lipinski definition) is 5. The predicted molar refractivity (Wildman–Crippen MR) is 126 cm³/mol. The van der Waals surface area contributed by atoms with Gasteiger partial charge >= 0.3 is 0 Å². The topological polar surface area (TPSA) is 82.0 Å². The van der Waals surface area contributed by atoms with Crippen molar-refractivity contribution in [3.05, 3.63) is 89.5 Å². The third-order valence-corrected chi connectivity index (χ3v) is 5.38. The van der Waals surface area contributed by atoms with Gasteiger partial charge in [-0.2, -0.15) is 0 Å². The lowest BCUT2D eigenvalue weighted by molar-refractivity contribution is -0.107. The Morgan fingerprint density at radius 2 is 1.75 bits per heavy atom. The van der Waals surface area contributed by atoms with E-state index in [0.29, 0.717) is 30.8 Å². The molecule has 0 saturated heterocycles. The molecular weight excluding hydrogens is 404 g/mol. The highest BCUT2D eigenvalue weighted by molar-refractivity contribution is 5.79. The van der Waals surface area contributed by atoms with Gasteiger partial charge in [-0.15, -0.1) is 0 Å². The fourth-order valence-corrected chi connectivity index (χ4v) is 3.56. The molecule has 6 nitrogen and oxygen atoms in total. The van der Waals surface area contributed by atoms with Gasteiger partial charge in [-0.05, 0) is 54.3 Å². The van der Waals surface area contributed by atoms with E-state index in [1.54, 1.807) is 19.2 Å². The Morgan fingerprint density at radius 1 is 1.03 bits per heavy atom. The number of nitrogens with one attached hydrogen (secondary N) is 1. The van der Waals surface area contributed by atoms with Gasteiger partial charge in [-0.25, -0.2) is 0 Å². The zero-order chi connectivity index (χ0) is 22.9. The number of benzene rings is 3. The first-order valence-corrected chi connectivity index (χ1v) is 10.6. The number of hydrogen-bond donors (Lipinski definition) is 3. The summed E-state index contributed by atoms with van der Waals surface area (Å²) in [6.45, 7) is 2.74. The van der Waals surface area contributed by atoms with Crippen molar-refractivity contribution >= 4 is 12.1 Å². The van der Waals surface area contributed by atoms with Crippen molar-refractivity contribution in [1.29, 1.82) is 0 Å². The Kier molecular flexibility index (Phi) is 8.25. The second kappa shape index (κ2) is 11.3. The van der Waals surface area contributed by atoms with Gasteiger partial charge in [0.25, 0.3) is 0 Å². The van der Waals surface area contributed by atoms with Crippen molar-refractivity contribution < 1.29 is 19.7 Å². The minimum Gasteiger partial charge on any atom is -0.506 e. The van der Waals surface area contributed by atoms with Crippen molar-refractivity contribution in [2.75, 3.05) is 18.6 Å². The van der Waals surface area contributed by atoms with Crippen LogP contribution in [0.3, 0.4) is 0 Å². The van der Waals surface area contributed by atoms with Crippen LogP contribution < -0.4 is 15.0 Å². The Labute approximate surface area is 189 Å². The largest absolute Gasteiger partial charge is 0.506 e. The maximum atomic E-state index is 11.7. The molecule has 3 aromatic carbocycles. The van der Waals surface area contributed by atoms with Crippen LogP contribution in [0.1, 0.15) is 29.7 Å². The summed E-state index contributed by atoms with van der Waals surface area (Å²) in [7, 11) is 1.64. The van der Waals surface area contributed by atoms with Crippen LogP contribution in [0, 0.1) is 0 Å². The van der Waals surface area contributed by atoms with Gasteiger partial charge in [0.1, 0.15) is 11.5 Å². The van der Waals surface area contributed by atoms with Crippen LogP contribution in [-0.2, 0) is 17.8 Å². The number of aliphatic hydroxyl groups excluding tert-OH is 1. The van der Waals surface area contributed by atoms with Gasteiger partial charge in [0.05, 0.1) is 25.4 Å². The zero-order valence-corrected chi connectivity index (χ0v) is 18.4. The summed E-state index contributed by atoms with van der Waals surface area (Å²) in [5, 5.41) is 24.4. The van der Waals surface area contributed by atoms with Crippen LogP contribution in [0.2, 0.25) is 0 Å². The molecule has 0 radical (unpaired) electrons. The third kappa shape index (κ3) is 6.33. The predicted octanol–water partition coefficient (Wildman–Crippen LogP) is 3.82. The molecule has 0 spiro atoms. The number of ether oxygens (including phenoxy) is 1. The van der Waals surface area contributed by atoms with Gasteiger partial charge in [-0.3, -0.25) is 4.79 Å². The molecule has 0 aromatic heterocycles. The number of carbonyl (C=O) groups excluding carboxylic acids is 1.